The molecule has 2 saturated heterocycles. The molecule has 2 aliphatic rings. The first kappa shape index (κ1) is 49.7. The van der Waals surface area contributed by atoms with Gasteiger partial charge in [-0.15, -0.1) is 0 Å². The van der Waals surface area contributed by atoms with Gasteiger partial charge in [-0.2, -0.15) is 15.0 Å². The zero-order chi connectivity index (χ0) is 47.5. The van der Waals surface area contributed by atoms with Gasteiger partial charge in [-0.3, -0.25) is 4.79 Å². The topological polar surface area (TPSA) is 286 Å². The molecule has 5 heterocycles. The molecule has 0 aliphatic carbocycles. The molecule has 0 saturated carbocycles. The van der Waals surface area contributed by atoms with Crippen molar-refractivity contribution in [3.8, 4) is 34.5 Å². The lowest BCUT2D eigenvalue weighted by molar-refractivity contribution is -0.122. The Morgan fingerprint density at radius 1 is 0.642 bits per heavy atom. The number of hydrogen-bond acceptors (Lipinski definition) is 19. The number of nitrogen functional groups attached to an aromatic ring is 3. The van der Waals surface area contributed by atoms with Crippen molar-refractivity contribution in [3.05, 3.63) is 106 Å². The van der Waals surface area contributed by atoms with Crippen molar-refractivity contribution in [2.24, 2.45) is 11.7 Å². The van der Waals surface area contributed by atoms with Crippen LogP contribution >= 0.6 is 34.8 Å². The van der Waals surface area contributed by atoms with E-state index in [0.717, 1.165) is 32.0 Å². The number of benzene rings is 3. The molecule has 0 atom stereocenters. The van der Waals surface area contributed by atoms with Crippen LogP contribution < -0.4 is 57.6 Å². The molecule has 8 rings (SSSR count). The van der Waals surface area contributed by atoms with Gasteiger partial charge >= 0.3 is 0 Å². The summed E-state index contributed by atoms with van der Waals surface area (Å²) in [4.78, 5) is 40.2. The fraction of sp³-hybridized carbons (Fsp3) is 0.295. The zero-order valence-electron chi connectivity index (χ0n) is 36.2. The highest BCUT2D eigenvalue weighted by atomic mass is 35.5. The van der Waals surface area contributed by atoms with Crippen LogP contribution in [0.15, 0.2) is 91.4 Å². The molecular weight excluding hydrogens is 927 g/mol. The third-order valence-electron chi connectivity index (χ3n) is 9.80. The van der Waals surface area contributed by atoms with E-state index in [1.807, 2.05) is 4.90 Å². The van der Waals surface area contributed by atoms with Crippen LogP contribution in [0, 0.1) is 5.92 Å². The van der Waals surface area contributed by atoms with Crippen molar-refractivity contribution >= 4 is 76.0 Å². The normalized spacial score (nSPS) is 13.6. The monoisotopic (exact) mass is 976 g/mol. The van der Waals surface area contributed by atoms with E-state index in [-0.39, 0.29) is 36.3 Å². The second-order valence-electron chi connectivity index (χ2n) is 14.6. The molecule has 2 aliphatic heterocycles. The van der Waals surface area contributed by atoms with Crippen LogP contribution in [-0.2, 0) is 9.53 Å². The third-order valence-corrected chi connectivity index (χ3v) is 10.6. The molecule has 3 aromatic heterocycles. The summed E-state index contributed by atoms with van der Waals surface area (Å²) in [5, 5.41) is 16.9. The largest absolute Gasteiger partial charge is 0.452 e. The van der Waals surface area contributed by atoms with Gasteiger partial charge in [0.05, 0.1) is 38.4 Å². The number of rotatable bonds is 15. The highest BCUT2D eigenvalue weighted by molar-refractivity contribution is 6.31. The quantitative estimate of drug-likeness (QED) is 0.0577. The Balaban J connectivity index is 0.000000166. The maximum absolute atomic E-state index is 11.3. The average molecular weight is 978 g/mol. The zero-order valence-corrected chi connectivity index (χ0v) is 38.5. The van der Waals surface area contributed by atoms with Crippen molar-refractivity contribution in [1.29, 1.82) is 0 Å². The fourth-order valence-electron chi connectivity index (χ4n) is 6.48. The number of carbonyl (C=O) groups excluding carboxylic acids is 1. The van der Waals surface area contributed by atoms with Gasteiger partial charge in [-0.05, 0) is 85.6 Å². The molecule has 1 amide bonds. The van der Waals surface area contributed by atoms with Crippen molar-refractivity contribution in [2.75, 3.05) is 98.0 Å². The molecule has 6 aromatic rings. The van der Waals surface area contributed by atoms with E-state index >= 15 is 0 Å². The highest BCUT2D eigenvalue weighted by Gasteiger charge is 2.26. The fourth-order valence-corrected chi connectivity index (χ4v) is 6.86. The van der Waals surface area contributed by atoms with Crippen LogP contribution in [0.4, 0.5) is 35.3 Å². The van der Waals surface area contributed by atoms with E-state index in [1.165, 1.54) is 6.20 Å². The van der Waals surface area contributed by atoms with Gasteiger partial charge in [-0.1, -0.05) is 34.8 Å². The summed E-state index contributed by atoms with van der Waals surface area (Å²) in [6, 6.07) is 21.1. The van der Waals surface area contributed by atoms with Crippen LogP contribution in [0.25, 0.3) is 0 Å². The number of nitrogens with one attached hydrogen (secondary N) is 2. The smallest absolute Gasteiger partial charge is 0.222 e. The van der Waals surface area contributed by atoms with Gasteiger partial charge in [-0.25, -0.2) is 15.0 Å². The minimum absolute atomic E-state index is 0.00855. The van der Waals surface area contributed by atoms with E-state index in [2.05, 4.69) is 45.4 Å². The summed E-state index contributed by atoms with van der Waals surface area (Å²) in [6.45, 7) is 6.03. The van der Waals surface area contributed by atoms with Crippen LogP contribution in [0.1, 0.15) is 12.8 Å². The van der Waals surface area contributed by atoms with Crippen molar-refractivity contribution in [1.82, 2.24) is 35.2 Å². The average Bonchev–Trinajstić information content (AvgIpc) is 3.33. The standard InChI is InChI=1S/C16H18ClN5O2.C14H16ClN5O.C14H17ClN4O3/c17-11-1-3-12(4-2-11)24-13-9-20-16(19)21-15(13)22-7-5-10(6-8-22)14(18)23;15-10-1-3-11(4-2-10)21-12-9-18-14(16)19-13(12)20-7-5-17-6-8-20;15-10-1-3-11(4-2-10)22-12-9-18-14(16)19-13(12)17-5-7-21-8-6-20/h1-4,9-10H,5-8H2,(H2,18,23)(H2,19,20,21);1-4,9,17H,5-8H2,(H2,16,18,19);1-4,9,20H,5-8H2,(H3,16,17,18,19). The Morgan fingerprint density at radius 2 is 1.06 bits per heavy atom. The van der Waals surface area contributed by atoms with Crippen molar-refractivity contribution < 1.29 is 28.8 Å². The predicted molar refractivity (Wildman–Crippen MR) is 260 cm³/mol. The molecule has 67 heavy (non-hydrogen) atoms. The Kier molecular flexibility index (Phi) is 18.8. The molecule has 3 aromatic carbocycles. The van der Waals surface area contributed by atoms with Crippen LogP contribution in [0.3, 0.4) is 0 Å². The molecule has 0 bridgehead atoms. The van der Waals surface area contributed by atoms with E-state index in [1.54, 1.807) is 85.2 Å². The number of nitrogens with zero attached hydrogens (tertiary/aromatic N) is 8. The van der Waals surface area contributed by atoms with E-state index in [9.17, 15) is 4.79 Å². The number of ether oxygens (including phenoxy) is 4. The van der Waals surface area contributed by atoms with Gasteiger partial charge in [0.15, 0.2) is 34.7 Å². The first-order chi connectivity index (χ1) is 32.4. The molecule has 23 heteroatoms. The van der Waals surface area contributed by atoms with Gasteiger partial charge in [0.25, 0.3) is 0 Å². The first-order valence-corrected chi connectivity index (χ1v) is 22.2. The van der Waals surface area contributed by atoms with Crippen LogP contribution in [-0.4, -0.2) is 107 Å². The lowest BCUT2D eigenvalue weighted by atomic mass is 9.96. The van der Waals surface area contributed by atoms with Gasteiger partial charge < -0.3 is 67.4 Å². The molecule has 11 N–H and O–H groups in total. The summed E-state index contributed by atoms with van der Waals surface area (Å²) in [6.07, 6.45) is 6.01. The Labute approximate surface area is 401 Å². The molecule has 0 unspecified atom stereocenters. The number of carbonyl (C=O) groups is 1. The summed E-state index contributed by atoms with van der Waals surface area (Å²) in [5.74, 6) is 5.46. The second-order valence-corrected chi connectivity index (χ2v) is 15.9. The number of amides is 1. The number of anilines is 6. The molecule has 2 fully saturated rings. The van der Waals surface area contributed by atoms with Crippen molar-refractivity contribution in [2.45, 2.75) is 12.8 Å². The number of halogens is 3. The number of hydrogen-bond donors (Lipinski definition) is 7. The SMILES string of the molecule is NC(=O)C1CCN(c2nc(N)ncc2Oc2ccc(Cl)cc2)CC1.Nc1ncc(Oc2ccc(Cl)cc2)c(N2CCNCC2)n1.Nc1ncc(Oc2ccc(Cl)cc2)c(NCCOCCO)n1. The molecule has 354 valence electrons. The maximum atomic E-state index is 11.3. The Bertz CT molecular complexity index is 2480. The number of aromatic nitrogens is 6. The van der Waals surface area contributed by atoms with Gasteiger partial charge in [0.2, 0.25) is 23.8 Å². The lowest BCUT2D eigenvalue weighted by Gasteiger charge is -2.32. The van der Waals surface area contributed by atoms with E-state index in [4.69, 9.17) is 81.8 Å². The van der Waals surface area contributed by atoms with E-state index < -0.39 is 0 Å². The predicted octanol–water partition coefficient (Wildman–Crippen LogP) is 6.05. The summed E-state index contributed by atoms with van der Waals surface area (Å²) in [5.41, 5.74) is 22.4. The van der Waals surface area contributed by atoms with Crippen LogP contribution in [0.2, 0.25) is 15.1 Å². The number of aliphatic hydroxyl groups excluding tert-OH is 1. The molecule has 0 spiro atoms. The highest BCUT2D eigenvalue weighted by Crippen LogP contribution is 2.34. The minimum Gasteiger partial charge on any atom is -0.452 e. The third kappa shape index (κ3) is 15.7. The summed E-state index contributed by atoms with van der Waals surface area (Å²) >= 11 is 17.6. The summed E-state index contributed by atoms with van der Waals surface area (Å²) in [7, 11) is 0. The number of primary amides is 1. The lowest BCUT2D eigenvalue weighted by Crippen LogP contribution is -2.44. The minimum atomic E-state index is -0.255. The summed E-state index contributed by atoms with van der Waals surface area (Å²) < 4.78 is 22.6. The van der Waals surface area contributed by atoms with Gasteiger partial charge in [0.1, 0.15) is 17.2 Å². The Morgan fingerprint density at radius 3 is 1.51 bits per heavy atom. The van der Waals surface area contributed by atoms with Crippen LogP contribution in [0.5, 0.6) is 34.5 Å². The number of aliphatic hydroxyl groups is 1. The van der Waals surface area contributed by atoms with Crippen molar-refractivity contribution in [3.63, 3.8) is 0 Å². The van der Waals surface area contributed by atoms with Gasteiger partial charge in [0, 0.05) is 66.8 Å². The molecule has 20 nitrogen and oxygen atoms in total. The maximum Gasteiger partial charge on any atom is 0.222 e. The van der Waals surface area contributed by atoms with E-state index in [0.29, 0.717) is 107 Å². The molecule has 0 radical (unpaired) electrons. The first-order valence-electron chi connectivity index (χ1n) is 21.0. The second kappa shape index (κ2) is 25.3. The Hall–Kier alpha value is -6.68. The number of piperazine rings is 1. The number of piperidine rings is 1. The molecular formula is C44H51Cl3N14O6. The number of nitrogens with two attached hydrogens (primary N) is 4.